The standard InChI is InChI=1S/C13H11Cl3N2O3/c1-3-21-13(20)10-6(2)12(19)18(17-10)11-8(15)4-7(14)5-9(11)16/h4-5,17H,3H2,1-2H3. The van der Waals surface area contributed by atoms with Crippen LogP contribution in [0.1, 0.15) is 23.0 Å². The van der Waals surface area contributed by atoms with Gasteiger partial charge >= 0.3 is 5.97 Å². The third-order valence-corrected chi connectivity index (χ3v) is 3.60. The number of rotatable bonds is 3. The number of aromatic amines is 1. The second-order valence-electron chi connectivity index (χ2n) is 4.19. The number of nitrogens with zero attached hydrogens (tertiary/aromatic N) is 1. The van der Waals surface area contributed by atoms with Crippen LogP contribution in [-0.4, -0.2) is 22.4 Å². The van der Waals surface area contributed by atoms with E-state index >= 15 is 0 Å². The fourth-order valence-electron chi connectivity index (χ4n) is 1.83. The maximum absolute atomic E-state index is 12.3. The van der Waals surface area contributed by atoms with E-state index in [0.29, 0.717) is 5.02 Å². The molecule has 0 spiro atoms. The van der Waals surface area contributed by atoms with Crippen molar-refractivity contribution in [1.29, 1.82) is 0 Å². The minimum absolute atomic E-state index is 0.0592. The van der Waals surface area contributed by atoms with Crippen molar-refractivity contribution in [3.05, 3.63) is 48.8 Å². The van der Waals surface area contributed by atoms with Gasteiger partial charge in [-0.15, -0.1) is 0 Å². The summed E-state index contributed by atoms with van der Waals surface area (Å²) in [5.41, 5.74) is 0.0648. The van der Waals surface area contributed by atoms with Crippen LogP contribution in [0.4, 0.5) is 0 Å². The molecule has 0 atom stereocenters. The molecular formula is C13H11Cl3N2O3. The topological polar surface area (TPSA) is 64.1 Å². The summed E-state index contributed by atoms with van der Waals surface area (Å²) in [5.74, 6) is -0.618. The van der Waals surface area contributed by atoms with Crippen LogP contribution in [0.15, 0.2) is 16.9 Å². The van der Waals surface area contributed by atoms with Crippen molar-refractivity contribution in [2.45, 2.75) is 13.8 Å². The predicted octanol–water partition coefficient (Wildman–Crippen LogP) is 3.61. The normalized spacial score (nSPS) is 10.7. The van der Waals surface area contributed by atoms with Crippen molar-refractivity contribution < 1.29 is 9.53 Å². The number of halogens is 3. The van der Waals surface area contributed by atoms with Crippen LogP contribution in [0.5, 0.6) is 0 Å². The van der Waals surface area contributed by atoms with Crippen LogP contribution >= 0.6 is 34.8 Å². The number of ether oxygens (including phenoxy) is 1. The van der Waals surface area contributed by atoms with Gasteiger partial charge < -0.3 is 4.74 Å². The van der Waals surface area contributed by atoms with Gasteiger partial charge in [0.05, 0.1) is 16.7 Å². The molecular weight excluding hydrogens is 339 g/mol. The molecule has 0 amide bonds. The Balaban J connectivity index is 2.64. The quantitative estimate of drug-likeness (QED) is 0.861. The number of aromatic nitrogens is 2. The zero-order chi connectivity index (χ0) is 15.7. The van der Waals surface area contributed by atoms with E-state index in [2.05, 4.69) is 5.10 Å². The van der Waals surface area contributed by atoms with Gasteiger partial charge in [-0.2, -0.15) is 0 Å². The molecule has 0 aliphatic carbocycles. The van der Waals surface area contributed by atoms with Gasteiger partial charge in [0, 0.05) is 10.6 Å². The number of H-pyrrole nitrogens is 1. The smallest absolute Gasteiger partial charge is 0.356 e. The third kappa shape index (κ3) is 2.95. The summed E-state index contributed by atoms with van der Waals surface area (Å²) in [6, 6.07) is 2.91. The maximum Gasteiger partial charge on any atom is 0.356 e. The van der Waals surface area contributed by atoms with Crippen LogP contribution < -0.4 is 5.56 Å². The average molecular weight is 350 g/mol. The van der Waals surface area contributed by atoms with E-state index in [1.807, 2.05) is 0 Å². The highest BCUT2D eigenvalue weighted by Gasteiger charge is 2.21. The summed E-state index contributed by atoms with van der Waals surface area (Å²) in [6.07, 6.45) is 0. The molecule has 21 heavy (non-hydrogen) atoms. The van der Waals surface area contributed by atoms with Crippen molar-refractivity contribution in [3.8, 4) is 5.69 Å². The Morgan fingerprint density at radius 3 is 2.38 bits per heavy atom. The maximum atomic E-state index is 12.3. The third-order valence-electron chi connectivity index (χ3n) is 2.81. The lowest BCUT2D eigenvalue weighted by Gasteiger charge is -2.08. The number of hydrogen-bond acceptors (Lipinski definition) is 3. The van der Waals surface area contributed by atoms with E-state index in [9.17, 15) is 9.59 Å². The Morgan fingerprint density at radius 2 is 1.86 bits per heavy atom. The fraction of sp³-hybridized carbons (Fsp3) is 0.231. The number of carbonyl (C=O) groups is 1. The number of esters is 1. The first kappa shape index (κ1) is 15.9. The minimum Gasteiger partial charge on any atom is -0.461 e. The summed E-state index contributed by atoms with van der Waals surface area (Å²) in [5, 5.41) is 3.39. The van der Waals surface area contributed by atoms with E-state index in [4.69, 9.17) is 39.5 Å². The molecule has 0 saturated carbocycles. The summed E-state index contributed by atoms with van der Waals surface area (Å²) in [4.78, 5) is 24.1. The lowest BCUT2D eigenvalue weighted by Crippen LogP contribution is -2.16. The number of nitrogens with one attached hydrogen (secondary N) is 1. The van der Waals surface area contributed by atoms with Crippen molar-refractivity contribution in [2.75, 3.05) is 6.61 Å². The van der Waals surface area contributed by atoms with E-state index in [1.165, 1.54) is 19.1 Å². The zero-order valence-electron chi connectivity index (χ0n) is 11.2. The molecule has 1 heterocycles. The molecule has 1 N–H and O–H groups in total. The van der Waals surface area contributed by atoms with Crippen LogP contribution in [0.25, 0.3) is 5.69 Å². The van der Waals surface area contributed by atoms with Gasteiger partial charge in [0.15, 0.2) is 0 Å². The highest BCUT2D eigenvalue weighted by Crippen LogP contribution is 2.31. The molecule has 0 aliphatic heterocycles. The molecule has 1 aromatic heterocycles. The molecule has 5 nitrogen and oxygen atoms in total. The number of benzene rings is 1. The van der Waals surface area contributed by atoms with Crippen molar-refractivity contribution in [2.24, 2.45) is 0 Å². The van der Waals surface area contributed by atoms with E-state index in [-0.39, 0.29) is 33.6 Å². The summed E-state index contributed by atoms with van der Waals surface area (Å²) >= 11 is 18.0. The van der Waals surface area contributed by atoms with E-state index in [1.54, 1.807) is 6.92 Å². The summed E-state index contributed by atoms with van der Waals surface area (Å²) < 4.78 is 5.98. The molecule has 112 valence electrons. The molecule has 0 unspecified atom stereocenters. The Kier molecular flexibility index (Phi) is 4.66. The Hall–Kier alpha value is -1.43. The largest absolute Gasteiger partial charge is 0.461 e. The van der Waals surface area contributed by atoms with Gasteiger partial charge in [-0.3, -0.25) is 9.89 Å². The van der Waals surface area contributed by atoms with Crippen molar-refractivity contribution >= 4 is 40.8 Å². The highest BCUT2D eigenvalue weighted by atomic mass is 35.5. The SMILES string of the molecule is CCOC(=O)c1[nH]n(-c2c(Cl)cc(Cl)cc2Cl)c(=O)c1C. The van der Waals surface area contributed by atoms with Gasteiger partial charge in [-0.05, 0) is 26.0 Å². The lowest BCUT2D eigenvalue weighted by molar-refractivity contribution is 0.0518. The zero-order valence-corrected chi connectivity index (χ0v) is 13.4. The molecule has 1 aromatic carbocycles. The minimum atomic E-state index is -0.618. The first-order valence-electron chi connectivity index (χ1n) is 6.00. The van der Waals surface area contributed by atoms with Crippen LogP contribution in [-0.2, 0) is 4.74 Å². The highest BCUT2D eigenvalue weighted by molar-refractivity contribution is 6.40. The Morgan fingerprint density at radius 1 is 1.29 bits per heavy atom. The van der Waals surface area contributed by atoms with Gasteiger partial charge in [0.2, 0.25) is 0 Å². The lowest BCUT2D eigenvalue weighted by atomic mass is 10.3. The first-order chi connectivity index (χ1) is 9.86. The number of carbonyl (C=O) groups excluding carboxylic acids is 1. The first-order valence-corrected chi connectivity index (χ1v) is 7.13. The Bertz CT molecular complexity index is 742. The monoisotopic (exact) mass is 348 g/mol. The van der Waals surface area contributed by atoms with Crippen molar-refractivity contribution in [3.63, 3.8) is 0 Å². The summed E-state index contributed by atoms with van der Waals surface area (Å²) in [7, 11) is 0. The predicted molar refractivity (Wildman–Crippen MR) is 82.1 cm³/mol. The second kappa shape index (κ2) is 6.13. The molecule has 0 radical (unpaired) electrons. The molecule has 0 bridgehead atoms. The fourth-order valence-corrected chi connectivity index (χ4v) is 2.81. The second-order valence-corrected chi connectivity index (χ2v) is 5.44. The molecule has 2 aromatic rings. The molecule has 0 aliphatic rings. The van der Waals surface area contributed by atoms with Gasteiger partial charge in [-0.1, -0.05) is 34.8 Å². The average Bonchev–Trinajstić information content (AvgIpc) is 2.67. The molecule has 8 heteroatoms. The van der Waals surface area contributed by atoms with Gasteiger partial charge in [-0.25, -0.2) is 9.48 Å². The van der Waals surface area contributed by atoms with Crippen LogP contribution in [0.2, 0.25) is 15.1 Å². The number of hydrogen-bond donors (Lipinski definition) is 1. The molecule has 0 saturated heterocycles. The van der Waals surface area contributed by atoms with Crippen LogP contribution in [0.3, 0.4) is 0 Å². The molecule has 2 rings (SSSR count). The van der Waals surface area contributed by atoms with E-state index in [0.717, 1.165) is 4.68 Å². The Labute approximate surface area is 135 Å². The molecule has 0 fully saturated rings. The van der Waals surface area contributed by atoms with Crippen LogP contribution in [0, 0.1) is 6.92 Å². The summed E-state index contributed by atoms with van der Waals surface area (Å²) in [6.45, 7) is 3.39. The van der Waals surface area contributed by atoms with Gasteiger partial charge in [0.1, 0.15) is 11.4 Å². The van der Waals surface area contributed by atoms with E-state index < -0.39 is 11.5 Å². The van der Waals surface area contributed by atoms with Crippen molar-refractivity contribution in [1.82, 2.24) is 9.78 Å². The van der Waals surface area contributed by atoms with Gasteiger partial charge in [0.25, 0.3) is 5.56 Å².